The minimum Gasteiger partial charge on any atom is -0.375 e. The zero-order chi connectivity index (χ0) is 15.0. The SMILES string of the molecule is Cc1nn(C2CCOC3(CCCC3)C2)c(C)c1CC(C)N. The summed E-state index contributed by atoms with van der Waals surface area (Å²) in [4.78, 5) is 0. The van der Waals surface area contributed by atoms with E-state index in [0.717, 1.165) is 31.6 Å². The maximum Gasteiger partial charge on any atom is 0.0703 e. The van der Waals surface area contributed by atoms with Crippen LogP contribution in [0.4, 0.5) is 0 Å². The molecule has 2 aliphatic rings. The average Bonchev–Trinajstić information content (AvgIpc) is 2.98. The molecule has 1 saturated carbocycles. The van der Waals surface area contributed by atoms with Gasteiger partial charge in [0, 0.05) is 18.3 Å². The number of aromatic nitrogens is 2. The van der Waals surface area contributed by atoms with Crippen LogP contribution in [0.2, 0.25) is 0 Å². The highest BCUT2D eigenvalue weighted by atomic mass is 16.5. The van der Waals surface area contributed by atoms with Gasteiger partial charge in [0.05, 0.1) is 17.3 Å². The molecule has 21 heavy (non-hydrogen) atoms. The van der Waals surface area contributed by atoms with E-state index in [9.17, 15) is 0 Å². The molecule has 1 aromatic rings. The third-order valence-corrected chi connectivity index (χ3v) is 5.33. The molecule has 4 heteroatoms. The van der Waals surface area contributed by atoms with E-state index in [2.05, 4.69) is 25.5 Å². The lowest BCUT2D eigenvalue weighted by molar-refractivity contribution is -0.0912. The Hall–Kier alpha value is -0.870. The minimum atomic E-state index is 0.149. The Bertz CT molecular complexity index is 500. The molecular formula is C17H29N3O. The van der Waals surface area contributed by atoms with Gasteiger partial charge in [-0.15, -0.1) is 0 Å². The van der Waals surface area contributed by atoms with Crippen LogP contribution in [0, 0.1) is 13.8 Å². The normalized spacial score (nSPS) is 26.4. The van der Waals surface area contributed by atoms with Crippen molar-refractivity contribution < 1.29 is 4.74 Å². The highest BCUT2D eigenvalue weighted by Crippen LogP contribution is 2.43. The largest absolute Gasteiger partial charge is 0.375 e. The molecular weight excluding hydrogens is 262 g/mol. The average molecular weight is 291 g/mol. The van der Waals surface area contributed by atoms with Crippen molar-refractivity contribution >= 4 is 0 Å². The number of rotatable bonds is 3. The third kappa shape index (κ3) is 2.88. The number of hydrogen-bond donors (Lipinski definition) is 1. The van der Waals surface area contributed by atoms with Crippen molar-refractivity contribution in [2.45, 2.75) is 83.4 Å². The summed E-state index contributed by atoms with van der Waals surface area (Å²) < 4.78 is 8.43. The first-order valence-corrected chi connectivity index (χ1v) is 8.45. The molecule has 2 unspecified atom stereocenters. The van der Waals surface area contributed by atoms with E-state index >= 15 is 0 Å². The molecule has 1 aliphatic carbocycles. The quantitative estimate of drug-likeness (QED) is 0.931. The number of aryl methyl sites for hydroxylation is 1. The maximum absolute atomic E-state index is 6.16. The fraction of sp³-hybridized carbons (Fsp3) is 0.824. The van der Waals surface area contributed by atoms with Gasteiger partial charge in [-0.25, -0.2) is 0 Å². The molecule has 2 heterocycles. The molecule has 118 valence electrons. The van der Waals surface area contributed by atoms with Crippen molar-refractivity contribution in [2.24, 2.45) is 5.73 Å². The topological polar surface area (TPSA) is 53.1 Å². The molecule has 4 nitrogen and oxygen atoms in total. The van der Waals surface area contributed by atoms with E-state index < -0.39 is 0 Å². The first kappa shape index (κ1) is 15.0. The van der Waals surface area contributed by atoms with Crippen LogP contribution in [0.3, 0.4) is 0 Å². The van der Waals surface area contributed by atoms with Crippen LogP contribution >= 0.6 is 0 Å². The van der Waals surface area contributed by atoms with Gasteiger partial charge in [-0.1, -0.05) is 12.8 Å². The Balaban J connectivity index is 1.83. The van der Waals surface area contributed by atoms with Crippen LogP contribution in [0.15, 0.2) is 0 Å². The zero-order valence-electron chi connectivity index (χ0n) is 13.7. The number of nitrogens with two attached hydrogens (primary N) is 1. The summed E-state index contributed by atoms with van der Waals surface area (Å²) in [6.07, 6.45) is 8.24. The van der Waals surface area contributed by atoms with Gasteiger partial charge in [0.25, 0.3) is 0 Å². The number of ether oxygens (including phenoxy) is 1. The Labute approximate surface area is 128 Å². The molecule has 0 radical (unpaired) electrons. The second-order valence-electron chi connectivity index (χ2n) is 7.16. The highest BCUT2D eigenvalue weighted by molar-refractivity contribution is 5.26. The summed E-state index contributed by atoms with van der Waals surface area (Å²) in [6.45, 7) is 7.27. The van der Waals surface area contributed by atoms with Crippen LogP contribution in [-0.2, 0) is 11.2 Å². The van der Waals surface area contributed by atoms with Crippen molar-refractivity contribution in [1.29, 1.82) is 0 Å². The minimum absolute atomic E-state index is 0.149. The number of nitrogens with zero attached hydrogens (tertiary/aromatic N) is 2. The van der Waals surface area contributed by atoms with Crippen molar-refractivity contribution in [1.82, 2.24) is 9.78 Å². The first-order valence-electron chi connectivity index (χ1n) is 8.45. The van der Waals surface area contributed by atoms with Crippen LogP contribution in [0.1, 0.15) is 68.4 Å². The van der Waals surface area contributed by atoms with E-state index in [1.807, 2.05) is 0 Å². The second kappa shape index (κ2) is 5.73. The van der Waals surface area contributed by atoms with Crippen LogP contribution in [-0.4, -0.2) is 28.0 Å². The van der Waals surface area contributed by atoms with E-state index in [4.69, 9.17) is 15.6 Å². The fourth-order valence-corrected chi connectivity index (χ4v) is 4.25. The highest BCUT2D eigenvalue weighted by Gasteiger charge is 2.41. The Morgan fingerprint density at radius 1 is 1.38 bits per heavy atom. The maximum atomic E-state index is 6.16. The van der Waals surface area contributed by atoms with Crippen molar-refractivity contribution in [3.63, 3.8) is 0 Å². The second-order valence-corrected chi connectivity index (χ2v) is 7.16. The Kier molecular flexibility index (Phi) is 4.10. The molecule has 0 aromatic carbocycles. The van der Waals surface area contributed by atoms with Gasteiger partial charge in [-0.3, -0.25) is 4.68 Å². The van der Waals surface area contributed by atoms with Gasteiger partial charge in [0.1, 0.15) is 0 Å². The summed E-state index contributed by atoms with van der Waals surface area (Å²) in [5.41, 5.74) is 9.94. The van der Waals surface area contributed by atoms with E-state index in [-0.39, 0.29) is 11.6 Å². The van der Waals surface area contributed by atoms with Crippen LogP contribution in [0.25, 0.3) is 0 Å². The first-order chi connectivity index (χ1) is 10.0. The predicted molar refractivity (Wildman–Crippen MR) is 84.5 cm³/mol. The van der Waals surface area contributed by atoms with Gasteiger partial charge < -0.3 is 10.5 Å². The lowest BCUT2D eigenvalue weighted by Crippen LogP contribution is -2.38. The third-order valence-electron chi connectivity index (χ3n) is 5.33. The van der Waals surface area contributed by atoms with Gasteiger partial charge >= 0.3 is 0 Å². The monoisotopic (exact) mass is 291 g/mol. The van der Waals surface area contributed by atoms with E-state index in [1.165, 1.54) is 36.9 Å². The molecule has 2 atom stereocenters. The Morgan fingerprint density at radius 2 is 2.10 bits per heavy atom. The van der Waals surface area contributed by atoms with E-state index in [0.29, 0.717) is 6.04 Å². The summed E-state index contributed by atoms with van der Waals surface area (Å²) in [5.74, 6) is 0. The summed E-state index contributed by atoms with van der Waals surface area (Å²) in [7, 11) is 0. The van der Waals surface area contributed by atoms with Gasteiger partial charge in [0.2, 0.25) is 0 Å². The molecule has 1 aliphatic heterocycles. The van der Waals surface area contributed by atoms with Crippen molar-refractivity contribution in [3.8, 4) is 0 Å². The molecule has 0 bridgehead atoms. The molecule has 1 spiro atoms. The smallest absolute Gasteiger partial charge is 0.0703 e. The number of hydrogen-bond acceptors (Lipinski definition) is 3. The molecule has 2 fully saturated rings. The van der Waals surface area contributed by atoms with Crippen molar-refractivity contribution in [3.05, 3.63) is 17.0 Å². The standard InChI is InChI=1S/C17H29N3O/c1-12(18)10-16-13(2)19-20(14(16)3)15-6-9-21-17(11-15)7-4-5-8-17/h12,15H,4-11,18H2,1-3H3. The molecule has 2 N–H and O–H groups in total. The molecule has 1 aromatic heterocycles. The van der Waals surface area contributed by atoms with Crippen LogP contribution in [0.5, 0.6) is 0 Å². The molecule has 1 saturated heterocycles. The zero-order valence-corrected chi connectivity index (χ0v) is 13.7. The summed E-state index contributed by atoms with van der Waals surface area (Å²) in [6, 6.07) is 0.688. The van der Waals surface area contributed by atoms with Crippen LogP contribution < -0.4 is 5.73 Å². The van der Waals surface area contributed by atoms with E-state index in [1.54, 1.807) is 0 Å². The molecule has 0 amide bonds. The van der Waals surface area contributed by atoms with Crippen molar-refractivity contribution in [2.75, 3.05) is 6.61 Å². The van der Waals surface area contributed by atoms with Gasteiger partial charge in [-0.05, 0) is 58.4 Å². The lowest BCUT2D eigenvalue weighted by atomic mass is 9.89. The predicted octanol–water partition coefficient (Wildman–Crippen LogP) is 3.05. The van der Waals surface area contributed by atoms with Gasteiger partial charge in [0.15, 0.2) is 0 Å². The Morgan fingerprint density at radius 3 is 2.76 bits per heavy atom. The fourth-order valence-electron chi connectivity index (χ4n) is 4.25. The summed E-state index contributed by atoms with van der Waals surface area (Å²) >= 11 is 0. The van der Waals surface area contributed by atoms with Gasteiger partial charge in [-0.2, -0.15) is 5.10 Å². The molecule has 3 rings (SSSR count). The summed E-state index contributed by atoms with van der Waals surface area (Å²) in [5, 5.41) is 4.85. The lowest BCUT2D eigenvalue weighted by Gasteiger charge is -2.38.